The van der Waals surface area contributed by atoms with Crippen LogP contribution in [0, 0.1) is 17.0 Å². The largest absolute Gasteiger partial charge is 0.482 e. The minimum absolute atomic E-state index is 0.0337. The van der Waals surface area contributed by atoms with Gasteiger partial charge in [0, 0.05) is 35.2 Å². The third-order valence-electron chi connectivity index (χ3n) is 4.16. The maximum absolute atomic E-state index is 11.6. The van der Waals surface area contributed by atoms with Gasteiger partial charge in [0.25, 0.3) is 11.6 Å². The van der Waals surface area contributed by atoms with Crippen LogP contribution in [0.5, 0.6) is 5.75 Å². The third-order valence-corrected chi connectivity index (χ3v) is 4.45. The van der Waals surface area contributed by atoms with E-state index in [1.54, 1.807) is 13.0 Å². The molecule has 0 saturated carbocycles. The number of aromatic nitrogens is 2. The number of rotatable bonds is 5. The van der Waals surface area contributed by atoms with Gasteiger partial charge in [-0.2, -0.15) is 4.98 Å². The molecule has 0 bridgehead atoms. The molecule has 0 aliphatic heterocycles. The lowest BCUT2D eigenvalue weighted by atomic mass is 10.1. The normalized spacial score (nSPS) is 11.0. The van der Waals surface area contributed by atoms with Crippen LogP contribution in [-0.2, 0) is 6.61 Å². The molecule has 0 amide bonds. The van der Waals surface area contributed by atoms with Crippen molar-refractivity contribution < 1.29 is 18.6 Å². The summed E-state index contributed by atoms with van der Waals surface area (Å²) in [5, 5.41) is 15.6. The van der Waals surface area contributed by atoms with Crippen molar-refractivity contribution in [1.82, 2.24) is 10.1 Å². The van der Waals surface area contributed by atoms with Crippen LogP contribution in [0.25, 0.3) is 22.4 Å². The zero-order valence-corrected chi connectivity index (χ0v) is 15.7. The Morgan fingerprint density at radius 1 is 1.21 bits per heavy atom. The number of fused-ring (bicyclic) bond motifs is 1. The van der Waals surface area contributed by atoms with Gasteiger partial charge in [0.15, 0.2) is 6.61 Å². The molecule has 0 spiro atoms. The fourth-order valence-corrected chi connectivity index (χ4v) is 2.95. The van der Waals surface area contributed by atoms with Gasteiger partial charge in [-0.1, -0.05) is 16.8 Å². The highest BCUT2D eigenvalue weighted by atomic mass is 35.5. The molecular formula is C19H12ClN3O6. The molecule has 0 aliphatic carbocycles. The summed E-state index contributed by atoms with van der Waals surface area (Å²) < 4.78 is 16.0. The van der Waals surface area contributed by atoms with Crippen molar-refractivity contribution in [2.75, 3.05) is 0 Å². The number of non-ortho nitro benzene ring substituents is 1. The van der Waals surface area contributed by atoms with Gasteiger partial charge in [-0.25, -0.2) is 4.79 Å². The van der Waals surface area contributed by atoms with Crippen LogP contribution in [-0.4, -0.2) is 15.1 Å². The van der Waals surface area contributed by atoms with Gasteiger partial charge < -0.3 is 13.7 Å². The van der Waals surface area contributed by atoms with Crippen LogP contribution in [0.4, 0.5) is 5.69 Å². The number of aryl methyl sites for hydroxylation is 1. The summed E-state index contributed by atoms with van der Waals surface area (Å²) in [4.78, 5) is 26.0. The van der Waals surface area contributed by atoms with Crippen molar-refractivity contribution in [1.29, 1.82) is 0 Å². The zero-order chi connectivity index (χ0) is 20.5. The number of benzene rings is 2. The van der Waals surface area contributed by atoms with Crippen molar-refractivity contribution in [3.8, 4) is 17.1 Å². The summed E-state index contributed by atoms with van der Waals surface area (Å²) in [6.45, 7) is 1.72. The molecule has 29 heavy (non-hydrogen) atoms. The smallest absolute Gasteiger partial charge is 0.336 e. The minimum Gasteiger partial charge on any atom is -0.482 e. The zero-order valence-electron chi connectivity index (χ0n) is 14.9. The first-order valence-corrected chi connectivity index (χ1v) is 8.73. The van der Waals surface area contributed by atoms with Crippen molar-refractivity contribution in [3.05, 3.63) is 79.5 Å². The molecule has 0 radical (unpaired) electrons. The van der Waals surface area contributed by atoms with Gasteiger partial charge in [-0.3, -0.25) is 10.1 Å². The summed E-state index contributed by atoms with van der Waals surface area (Å²) >= 11 is 6.26. The lowest BCUT2D eigenvalue weighted by molar-refractivity contribution is -0.384. The second-order valence-electron chi connectivity index (χ2n) is 6.13. The Labute approximate surface area is 167 Å². The van der Waals surface area contributed by atoms with Crippen LogP contribution in [0.2, 0.25) is 5.02 Å². The lowest BCUT2D eigenvalue weighted by Crippen LogP contribution is -2.00. The molecule has 4 rings (SSSR count). The number of ether oxygens (including phenoxy) is 1. The van der Waals surface area contributed by atoms with Crippen LogP contribution in [0.1, 0.15) is 11.5 Å². The van der Waals surface area contributed by atoms with Gasteiger partial charge >= 0.3 is 5.63 Å². The minimum atomic E-state index is -0.490. The summed E-state index contributed by atoms with van der Waals surface area (Å²) in [6.07, 6.45) is 0. The summed E-state index contributed by atoms with van der Waals surface area (Å²) in [6, 6.07) is 10.3. The second kappa shape index (κ2) is 7.36. The van der Waals surface area contributed by atoms with Crippen LogP contribution in [0.15, 0.2) is 56.2 Å². The highest BCUT2D eigenvalue weighted by Crippen LogP contribution is 2.31. The first kappa shape index (κ1) is 18.6. The maximum atomic E-state index is 11.6. The molecule has 0 aliphatic rings. The van der Waals surface area contributed by atoms with E-state index in [4.69, 9.17) is 25.3 Å². The van der Waals surface area contributed by atoms with Crippen LogP contribution < -0.4 is 10.4 Å². The highest BCUT2D eigenvalue weighted by Gasteiger charge is 2.14. The van der Waals surface area contributed by atoms with Crippen molar-refractivity contribution >= 4 is 28.3 Å². The quantitative estimate of drug-likeness (QED) is 0.270. The molecule has 10 heteroatoms. The average molecular weight is 414 g/mol. The Hall–Kier alpha value is -3.72. The molecule has 0 unspecified atom stereocenters. The third kappa shape index (κ3) is 3.81. The highest BCUT2D eigenvalue weighted by molar-refractivity contribution is 6.32. The molecule has 146 valence electrons. The predicted molar refractivity (Wildman–Crippen MR) is 103 cm³/mol. The van der Waals surface area contributed by atoms with E-state index < -0.39 is 10.5 Å². The topological polar surface area (TPSA) is 122 Å². The summed E-state index contributed by atoms with van der Waals surface area (Å²) in [5.41, 5.74) is 1.16. The number of hydrogen-bond acceptors (Lipinski definition) is 8. The number of hydrogen-bond donors (Lipinski definition) is 0. The molecule has 2 aromatic carbocycles. The van der Waals surface area contributed by atoms with Gasteiger partial charge in [-0.05, 0) is 30.7 Å². The SMILES string of the molecule is Cc1cc(=O)oc2cc(OCc3nc(-c4ccc([N+](=O)[O-])cc4)no3)c(Cl)cc12. The van der Waals surface area contributed by atoms with Gasteiger partial charge in [0.05, 0.1) is 9.95 Å². The Morgan fingerprint density at radius 2 is 1.97 bits per heavy atom. The average Bonchev–Trinajstić information content (AvgIpc) is 3.16. The molecule has 0 saturated heterocycles. The lowest BCUT2D eigenvalue weighted by Gasteiger charge is -2.08. The number of nitro groups is 1. The van der Waals surface area contributed by atoms with E-state index in [0.717, 1.165) is 5.56 Å². The van der Waals surface area contributed by atoms with E-state index in [0.29, 0.717) is 27.3 Å². The fraction of sp³-hybridized carbons (Fsp3) is 0.105. The van der Waals surface area contributed by atoms with E-state index in [1.165, 1.54) is 36.4 Å². The molecule has 0 fully saturated rings. The van der Waals surface area contributed by atoms with Crippen molar-refractivity contribution in [2.24, 2.45) is 0 Å². The Balaban J connectivity index is 1.53. The van der Waals surface area contributed by atoms with Gasteiger partial charge in [0.1, 0.15) is 11.3 Å². The molecular weight excluding hydrogens is 402 g/mol. The summed E-state index contributed by atoms with van der Waals surface area (Å²) in [5.74, 6) is 0.743. The van der Waals surface area contributed by atoms with E-state index in [1.807, 2.05) is 0 Å². The molecule has 0 atom stereocenters. The predicted octanol–water partition coefficient (Wildman–Crippen LogP) is 4.29. The molecule has 2 heterocycles. The first-order valence-electron chi connectivity index (χ1n) is 8.35. The number of halogens is 1. The van der Waals surface area contributed by atoms with Crippen LogP contribution >= 0.6 is 11.6 Å². The molecule has 2 aromatic heterocycles. The van der Waals surface area contributed by atoms with E-state index in [2.05, 4.69) is 10.1 Å². The Bertz CT molecular complexity index is 1280. The van der Waals surface area contributed by atoms with Gasteiger partial charge in [-0.15, -0.1) is 0 Å². The maximum Gasteiger partial charge on any atom is 0.336 e. The fourth-order valence-electron chi connectivity index (χ4n) is 2.73. The Morgan fingerprint density at radius 3 is 2.69 bits per heavy atom. The number of nitro benzene ring substituents is 1. The van der Waals surface area contributed by atoms with Crippen LogP contribution in [0.3, 0.4) is 0 Å². The molecule has 4 aromatic rings. The number of nitrogens with zero attached hydrogens (tertiary/aromatic N) is 3. The first-order chi connectivity index (χ1) is 13.9. The second-order valence-corrected chi connectivity index (χ2v) is 6.54. The van der Waals surface area contributed by atoms with E-state index in [9.17, 15) is 14.9 Å². The van der Waals surface area contributed by atoms with E-state index >= 15 is 0 Å². The van der Waals surface area contributed by atoms with Gasteiger partial charge in [0.2, 0.25) is 5.82 Å². The van der Waals surface area contributed by atoms with E-state index in [-0.39, 0.29) is 24.0 Å². The monoisotopic (exact) mass is 413 g/mol. The summed E-state index contributed by atoms with van der Waals surface area (Å²) in [7, 11) is 0. The molecule has 9 nitrogen and oxygen atoms in total. The standard InChI is InChI=1S/C19H12ClN3O6/c1-10-6-18(24)28-15-8-16(14(20)7-13(10)15)27-9-17-21-19(22-29-17)11-2-4-12(5-3-11)23(25)26/h2-8H,9H2,1H3. The molecule has 0 N–H and O–H groups in total. The Kier molecular flexibility index (Phi) is 4.73. The van der Waals surface area contributed by atoms with Crippen molar-refractivity contribution in [3.63, 3.8) is 0 Å². The van der Waals surface area contributed by atoms with Crippen molar-refractivity contribution in [2.45, 2.75) is 13.5 Å².